The van der Waals surface area contributed by atoms with Crippen molar-refractivity contribution in [2.24, 2.45) is 0 Å². The quantitative estimate of drug-likeness (QED) is 0.718. The molecule has 0 spiro atoms. The van der Waals surface area contributed by atoms with E-state index in [9.17, 15) is 14.4 Å². The van der Waals surface area contributed by atoms with Crippen LogP contribution in [0.3, 0.4) is 0 Å². The van der Waals surface area contributed by atoms with E-state index >= 15 is 0 Å². The van der Waals surface area contributed by atoms with E-state index in [1.807, 2.05) is 31.2 Å². The highest BCUT2D eigenvalue weighted by atomic mass is 16.2. The van der Waals surface area contributed by atoms with Crippen LogP contribution >= 0.6 is 0 Å². The summed E-state index contributed by atoms with van der Waals surface area (Å²) in [7, 11) is 0. The molecule has 2 fully saturated rings. The van der Waals surface area contributed by atoms with Crippen molar-refractivity contribution < 1.29 is 14.4 Å². The van der Waals surface area contributed by atoms with E-state index in [1.165, 1.54) is 31.4 Å². The number of hydrogen-bond acceptors (Lipinski definition) is 4. The fraction of sp³-hybridized carbons (Fsp3) is 0.444. The maximum Gasteiger partial charge on any atom is 0.257 e. The van der Waals surface area contributed by atoms with Crippen molar-refractivity contribution in [1.82, 2.24) is 4.90 Å². The number of benzene rings is 2. The first-order valence-electron chi connectivity index (χ1n) is 12.4. The van der Waals surface area contributed by atoms with Gasteiger partial charge in [-0.2, -0.15) is 0 Å². The molecule has 3 aliphatic rings. The second kappa shape index (κ2) is 9.12. The van der Waals surface area contributed by atoms with Gasteiger partial charge >= 0.3 is 0 Å². The Balaban J connectivity index is 1.24. The maximum absolute atomic E-state index is 13.3. The highest BCUT2D eigenvalue weighted by Gasteiger charge is 2.52. The molecule has 34 heavy (non-hydrogen) atoms. The van der Waals surface area contributed by atoms with Gasteiger partial charge in [0.25, 0.3) is 5.91 Å². The minimum Gasteiger partial charge on any atom is -0.372 e. The Morgan fingerprint density at radius 3 is 2.41 bits per heavy atom. The van der Waals surface area contributed by atoms with E-state index in [2.05, 4.69) is 22.3 Å². The summed E-state index contributed by atoms with van der Waals surface area (Å²) in [5, 5.41) is 2.96. The van der Waals surface area contributed by atoms with Crippen molar-refractivity contribution in [2.45, 2.75) is 57.5 Å². The highest BCUT2D eigenvalue weighted by Crippen LogP contribution is 2.44. The van der Waals surface area contributed by atoms with Crippen LogP contribution in [-0.2, 0) is 9.59 Å². The van der Waals surface area contributed by atoms with Crippen LogP contribution in [0.2, 0.25) is 0 Å². The third-order valence-electron chi connectivity index (χ3n) is 7.43. The SMILES string of the molecule is CC12CCC(=O)N1c1ccccc1C(=O)N2CCC(=O)Nc1ccc(N2CCCCCC2)cc1. The van der Waals surface area contributed by atoms with E-state index in [0.29, 0.717) is 24.1 Å². The van der Waals surface area contributed by atoms with Gasteiger partial charge in [0, 0.05) is 43.9 Å². The summed E-state index contributed by atoms with van der Waals surface area (Å²) >= 11 is 0. The lowest BCUT2D eigenvalue weighted by Crippen LogP contribution is -2.62. The number of nitrogens with zero attached hydrogens (tertiary/aromatic N) is 3. The van der Waals surface area contributed by atoms with Crippen LogP contribution in [0.1, 0.15) is 62.2 Å². The molecule has 7 heteroatoms. The highest BCUT2D eigenvalue weighted by molar-refractivity contribution is 6.10. The molecule has 178 valence electrons. The van der Waals surface area contributed by atoms with Crippen LogP contribution in [0.25, 0.3) is 0 Å². The molecule has 1 unspecified atom stereocenters. The normalized spacial score (nSPS) is 22.3. The predicted molar refractivity (Wildman–Crippen MR) is 133 cm³/mol. The van der Waals surface area contributed by atoms with E-state index in [4.69, 9.17) is 0 Å². The lowest BCUT2D eigenvalue weighted by molar-refractivity contribution is -0.117. The molecule has 0 radical (unpaired) electrons. The third-order valence-corrected chi connectivity index (χ3v) is 7.43. The number of amides is 3. The van der Waals surface area contributed by atoms with Crippen LogP contribution in [0.4, 0.5) is 17.1 Å². The summed E-state index contributed by atoms with van der Waals surface area (Å²) in [6.45, 7) is 4.34. The first kappa shape index (κ1) is 22.4. The molecular weight excluding hydrogens is 428 g/mol. The number of para-hydroxylation sites is 1. The monoisotopic (exact) mass is 460 g/mol. The van der Waals surface area contributed by atoms with Crippen molar-refractivity contribution >= 4 is 34.8 Å². The first-order chi connectivity index (χ1) is 16.5. The van der Waals surface area contributed by atoms with Crippen LogP contribution in [0.5, 0.6) is 0 Å². The van der Waals surface area contributed by atoms with Gasteiger partial charge in [0.2, 0.25) is 11.8 Å². The number of carbonyl (C=O) groups excluding carboxylic acids is 3. The average molecular weight is 461 g/mol. The Hall–Kier alpha value is -3.35. The van der Waals surface area contributed by atoms with Crippen molar-refractivity contribution in [1.29, 1.82) is 0 Å². The molecular formula is C27H32N4O3. The number of nitrogens with one attached hydrogen (secondary N) is 1. The molecule has 0 saturated carbocycles. The van der Waals surface area contributed by atoms with Gasteiger partial charge in [0.1, 0.15) is 5.66 Å². The fourth-order valence-corrected chi connectivity index (χ4v) is 5.56. The number of rotatable bonds is 5. The standard InChI is InChI=1S/C27H32N4O3/c1-27-16-14-25(33)31(27)23-9-5-4-8-22(23)26(34)30(27)19-15-24(32)28-20-10-12-21(13-11-20)29-17-6-2-3-7-18-29/h4-5,8-13H,2-3,6-7,14-19H2,1H3,(H,28,32). The van der Waals surface area contributed by atoms with Crippen LogP contribution in [0.15, 0.2) is 48.5 Å². The van der Waals surface area contributed by atoms with Crippen LogP contribution < -0.4 is 15.1 Å². The minimum absolute atomic E-state index is 0.0152. The molecule has 2 saturated heterocycles. The zero-order valence-corrected chi connectivity index (χ0v) is 19.8. The zero-order valence-electron chi connectivity index (χ0n) is 19.8. The second-order valence-corrected chi connectivity index (χ2v) is 9.67. The molecule has 0 aliphatic carbocycles. The van der Waals surface area contributed by atoms with Crippen molar-refractivity contribution in [3.05, 3.63) is 54.1 Å². The van der Waals surface area contributed by atoms with Gasteiger partial charge in [-0.15, -0.1) is 0 Å². The maximum atomic E-state index is 13.3. The second-order valence-electron chi connectivity index (χ2n) is 9.67. The predicted octanol–water partition coefficient (Wildman–Crippen LogP) is 4.39. The topological polar surface area (TPSA) is 73.0 Å². The van der Waals surface area contributed by atoms with Gasteiger partial charge in [-0.05, 0) is 62.6 Å². The van der Waals surface area contributed by atoms with Gasteiger partial charge in [-0.1, -0.05) is 25.0 Å². The lowest BCUT2D eigenvalue weighted by atomic mass is 9.98. The minimum atomic E-state index is -0.738. The molecule has 2 aromatic carbocycles. The molecule has 5 rings (SSSR count). The molecule has 3 amide bonds. The van der Waals surface area contributed by atoms with Crippen molar-refractivity contribution in [3.63, 3.8) is 0 Å². The molecule has 1 N–H and O–H groups in total. The molecule has 1 atom stereocenters. The van der Waals surface area contributed by atoms with Crippen LogP contribution in [-0.4, -0.2) is 47.9 Å². The van der Waals surface area contributed by atoms with E-state index in [1.54, 1.807) is 21.9 Å². The van der Waals surface area contributed by atoms with Gasteiger partial charge in [0.05, 0.1) is 11.3 Å². The summed E-state index contributed by atoms with van der Waals surface area (Å²) in [6, 6.07) is 15.2. The van der Waals surface area contributed by atoms with Gasteiger partial charge in [-0.3, -0.25) is 19.3 Å². The van der Waals surface area contributed by atoms with Gasteiger partial charge in [0.15, 0.2) is 0 Å². The average Bonchev–Trinajstić information content (AvgIpc) is 3.00. The van der Waals surface area contributed by atoms with E-state index in [-0.39, 0.29) is 30.7 Å². The summed E-state index contributed by atoms with van der Waals surface area (Å²) in [4.78, 5) is 44.6. The largest absolute Gasteiger partial charge is 0.372 e. The zero-order chi connectivity index (χ0) is 23.7. The van der Waals surface area contributed by atoms with Crippen molar-refractivity contribution in [3.8, 4) is 0 Å². The van der Waals surface area contributed by atoms with Crippen molar-refractivity contribution in [2.75, 3.05) is 34.8 Å². The number of fused-ring (bicyclic) bond motifs is 3. The number of anilines is 3. The Kier molecular flexibility index (Phi) is 6.02. The molecule has 3 aliphatic heterocycles. The molecule has 0 aromatic heterocycles. The summed E-state index contributed by atoms with van der Waals surface area (Å²) in [6.07, 6.45) is 6.15. The fourth-order valence-electron chi connectivity index (χ4n) is 5.56. The lowest BCUT2D eigenvalue weighted by Gasteiger charge is -2.48. The van der Waals surface area contributed by atoms with Crippen LogP contribution in [0, 0.1) is 0 Å². The molecule has 7 nitrogen and oxygen atoms in total. The Morgan fingerprint density at radius 1 is 0.971 bits per heavy atom. The van der Waals surface area contributed by atoms with Gasteiger partial charge in [-0.25, -0.2) is 0 Å². The Bertz CT molecular complexity index is 1090. The number of carbonyl (C=O) groups is 3. The Labute approximate surface area is 200 Å². The smallest absolute Gasteiger partial charge is 0.257 e. The molecule has 0 bridgehead atoms. The number of hydrogen-bond donors (Lipinski definition) is 1. The van der Waals surface area contributed by atoms with E-state index < -0.39 is 5.66 Å². The van der Waals surface area contributed by atoms with E-state index in [0.717, 1.165) is 18.8 Å². The summed E-state index contributed by atoms with van der Waals surface area (Å²) in [5.41, 5.74) is 2.39. The first-order valence-corrected chi connectivity index (χ1v) is 12.4. The molecule has 2 aromatic rings. The summed E-state index contributed by atoms with van der Waals surface area (Å²) in [5.74, 6) is -0.256. The summed E-state index contributed by atoms with van der Waals surface area (Å²) < 4.78 is 0. The third kappa shape index (κ3) is 4.04. The Morgan fingerprint density at radius 2 is 1.68 bits per heavy atom. The molecule has 3 heterocycles. The van der Waals surface area contributed by atoms with Gasteiger partial charge < -0.3 is 15.1 Å².